The zero-order chi connectivity index (χ0) is 30.1. The van der Waals surface area contributed by atoms with Crippen LogP contribution in [-0.4, -0.2) is 28.3 Å². The molecule has 0 bridgehead atoms. The molecule has 5 aromatic carbocycles. The number of hydrogen-bond acceptors (Lipinski definition) is 5. The third-order valence-electron chi connectivity index (χ3n) is 9.13. The standard InChI is InChI=1S/C38H31BN2O2S/c1-37(2)38(3,4)43-39(42-37)28-18-20-30-29-19-17-27(22-33(29)44-34(30)23-28)36-40-32-16-9-8-15-31(32)35(41-36)26-14-10-13-25(21-26)24-11-6-5-7-12-24/h5-23H,1-4H3. The molecule has 0 unspecified atom stereocenters. The topological polar surface area (TPSA) is 44.2 Å². The summed E-state index contributed by atoms with van der Waals surface area (Å²) in [5.74, 6) is 0.723. The summed E-state index contributed by atoms with van der Waals surface area (Å²) in [7, 11) is -0.380. The van der Waals surface area contributed by atoms with Gasteiger partial charge in [0.1, 0.15) is 0 Å². The molecule has 1 saturated heterocycles. The highest BCUT2D eigenvalue weighted by Crippen LogP contribution is 2.39. The van der Waals surface area contributed by atoms with Crippen molar-refractivity contribution in [3.05, 3.63) is 115 Å². The first-order valence-electron chi connectivity index (χ1n) is 15.0. The van der Waals surface area contributed by atoms with Gasteiger partial charge in [-0.3, -0.25) is 0 Å². The first kappa shape index (κ1) is 27.2. The first-order chi connectivity index (χ1) is 21.3. The van der Waals surface area contributed by atoms with E-state index in [1.165, 1.54) is 31.3 Å². The monoisotopic (exact) mass is 590 g/mol. The maximum absolute atomic E-state index is 6.33. The third kappa shape index (κ3) is 4.53. The Hall–Kier alpha value is -4.36. The highest BCUT2D eigenvalue weighted by atomic mass is 32.1. The molecule has 44 heavy (non-hydrogen) atoms. The van der Waals surface area contributed by atoms with Crippen LogP contribution in [0, 0.1) is 0 Å². The van der Waals surface area contributed by atoms with Gasteiger partial charge < -0.3 is 9.31 Å². The Morgan fingerprint density at radius 2 is 1.20 bits per heavy atom. The average molecular weight is 591 g/mol. The summed E-state index contributed by atoms with van der Waals surface area (Å²) in [5.41, 5.74) is 6.60. The second kappa shape index (κ2) is 10.1. The molecule has 2 aromatic heterocycles. The molecule has 1 fully saturated rings. The highest BCUT2D eigenvalue weighted by Gasteiger charge is 2.51. The van der Waals surface area contributed by atoms with Gasteiger partial charge in [-0.1, -0.05) is 91.0 Å². The number of hydrogen-bond donors (Lipinski definition) is 0. The van der Waals surface area contributed by atoms with Gasteiger partial charge in [-0.2, -0.15) is 0 Å². The summed E-state index contributed by atoms with van der Waals surface area (Å²) in [5, 5.41) is 3.50. The van der Waals surface area contributed by atoms with Crippen LogP contribution in [0.2, 0.25) is 0 Å². The number of thiophene rings is 1. The van der Waals surface area contributed by atoms with Crippen LogP contribution < -0.4 is 5.46 Å². The van der Waals surface area contributed by atoms with Crippen LogP contribution in [0.25, 0.3) is 64.8 Å². The van der Waals surface area contributed by atoms with Crippen LogP contribution in [0.15, 0.2) is 115 Å². The minimum atomic E-state index is -0.380. The Morgan fingerprint density at radius 3 is 2.00 bits per heavy atom. The third-order valence-corrected chi connectivity index (χ3v) is 10.2. The molecule has 1 aliphatic heterocycles. The Morgan fingerprint density at radius 1 is 0.545 bits per heavy atom. The quantitative estimate of drug-likeness (QED) is 0.192. The fraction of sp³-hybridized carbons (Fsp3) is 0.158. The molecule has 0 saturated carbocycles. The molecular formula is C38H31BN2O2S. The van der Waals surface area contributed by atoms with Crippen LogP contribution in [0.5, 0.6) is 0 Å². The molecule has 0 spiro atoms. The van der Waals surface area contributed by atoms with Crippen molar-refractivity contribution in [1.82, 2.24) is 9.97 Å². The van der Waals surface area contributed by atoms with E-state index < -0.39 is 0 Å². The Balaban J connectivity index is 1.21. The van der Waals surface area contributed by atoms with Crippen LogP contribution >= 0.6 is 11.3 Å². The molecule has 0 amide bonds. The largest absolute Gasteiger partial charge is 0.494 e. The first-order valence-corrected chi connectivity index (χ1v) is 15.8. The molecule has 0 atom stereocenters. The summed E-state index contributed by atoms with van der Waals surface area (Å²) in [4.78, 5) is 10.2. The van der Waals surface area contributed by atoms with Gasteiger partial charge in [-0.25, -0.2) is 9.97 Å². The summed E-state index contributed by atoms with van der Waals surface area (Å²) in [6, 6.07) is 40.5. The highest BCUT2D eigenvalue weighted by molar-refractivity contribution is 7.26. The number of aromatic nitrogens is 2. The van der Waals surface area contributed by atoms with E-state index in [0.29, 0.717) is 0 Å². The normalized spacial score (nSPS) is 15.9. The van der Waals surface area contributed by atoms with E-state index >= 15 is 0 Å². The molecule has 0 N–H and O–H groups in total. The van der Waals surface area contributed by atoms with Gasteiger partial charge in [-0.05, 0) is 68.6 Å². The number of para-hydroxylation sites is 1. The Labute approximate surface area is 261 Å². The van der Waals surface area contributed by atoms with Crippen molar-refractivity contribution in [1.29, 1.82) is 0 Å². The van der Waals surface area contributed by atoms with E-state index in [9.17, 15) is 0 Å². The molecule has 0 aliphatic carbocycles. The summed E-state index contributed by atoms with van der Waals surface area (Å²) in [6.45, 7) is 8.36. The molecule has 8 rings (SSSR count). The Kier molecular flexibility index (Phi) is 6.24. The summed E-state index contributed by atoms with van der Waals surface area (Å²) >= 11 is 1.78. The molecule has 214 valence electrons. The van der Waals surface area contributed by atoms with Crippen molar-refractivity contribution in [2.75, 3.05) is 0 Å². The van der Waals surface area contributed by atoms with Crippen molar-refractivity contribution in [2.24, 2.45) is 0 Å². The molecule has 0 radical (unpaired) electrons. The van der Waals surface area contributed by atoms with Gasteiger partial charge in [0.25, 0.3) is 0 Å². The maximum atomic E-state index is 6.33. The molecule has 6 heteroatoms. The fourth-order valence-electron chi connectivity index (χ4n) is 5.96. The van der Waals surface area contributed by atoms with E-state index in [0.717, 1.165) is 39.0 Å². The summed E-state index contributed by atoms with van der Waals surface area (Å²) in [6.07, 6.45) is 0. The van der Waals surface area contributed by atoms with Gasteiger partial charge in [-0.15, -0.1) is 11.3 Å². The lowest BCUT2D eigenvalue weighted by Crippen LogP contribution is -2.41. The number of rotatable bonds is 4. The van der Waals surface area contributed by atoms with Crippen LogP contribution in [0.3, 0.4) is 0 Å². The van der Waals surface area contributed by atoms with Gasteiger partial charge in [0.05, 0.1) is 22.4 Å². The van der Waals surface area contributed by atoms with E-state index in [4.69, 9.17) is 19.3 Å². The second-order valence-corrected chi connectivity index (χ2v) is 13.6. The van der Waals surface area contributed by atoms with Gasteiger partial charge in [0.15, 0.2) is 5.82 Å². The van der Waals surface area contributed by atoms with Crippen LogP contribution in [0.4, 0.5) is 0 Å². The number of nitrogens with zero attached hydrogens (tertiary/aromatic N) is 2. The summed E-state index contributed by atoms with van der Waals surface area (Å²) < 4.78 is 15.1. The lowest BCUT2D eigenvalue weighted by atomic mass is 9.79. The van der Waals surface area contributed by atoms with Gasteiger partial charge >= 0.3 is 7.12 Å². The zero-order valence-electron chi connectivity index (χ0n) is 25.2. The number of fused-ring (bicyclic) bond motifs is 4. The van der Waals surface area contributed by atoms with E-state index in [1.807, 2.05) is 12.1 Å². The molecule has 4 nitrogen and oxygen atoms in total. The lowest BCUT2D eigenvalue weighted by Gasteiger charge is -2.32. The predicted molar refractivity (Wildman–Crippen MR) is 184 cm³/mol. The van der Waals surface area contributed by atoms with E-state index in [2.05, 4.69) is 131 Å². The minimum absolute atomic E-state index is 0.372. The zero-order valence-corrected chi connectivity index (χ0v) is 26.0. The molecule has 1 aliphatic rings. The van der Waals surface area contributed by atoms with Crippen LogP contribution in [0.1, 0.15) is 27.7 Å². The minimum Gasteiger partial charge on any atom is -0.399 e. The lowest BCUT2D eigenvalue weighted by molar-refractivity contribution is 0.00578. The van der Waals surface area contributed by atoms with Gasteiger partial charge in [0, 0.05) is 36.7 Å². The molecule has 7 aromatic rings. The van der Waals surface area contributed by atoms with Crippen molar-refractivity contribution >= 4 is 55.0 Å². The van der Waals surface area contributed by atoms with Gasteiger partial charge in [0.2, 0.25) is 0 Å². The fourth-order valence-corrected chi connectivity index (χ4v) is 7.15. The molecule has 3 heterocycles. The van der Waals surface area contributed by atoms with Crippen molar-refractivity contribution in [2.45, 2.75) is 38.9 Å². The average Bonchev–Trinajstić information content (AvgIpc) is 3.52. The van der Waals surface area contributed by atoms with Crippen molar-refractivity contribution in [3.8, 4) is 33.8 Å². The maximum Gasteiger partial charge on any atom is 0.494 e. The van der Waals surface area contributed by atoms with Crippen molar-refractivity contribution in [3.63, 3.8) is 0 Å². The second-order valence-electron chi connectivity index (χ2n) is 12.5. The van der Waals surface area contributed by atoms with Crippen molar-refractivity contribution < 1.29 is 9.31 Å². The predicted octanol–water partition coefficient (Wildman–Crippen LogP) is 9.30. The SMILES string of the molecule is CC1(C)OB(c2ccc3c(c2)sc2cc(-c4nc(-c5cccc(-c6ccccc6)c5)c5ccccc5n4)ccc23)OC1(C)C. The number of benzene rings is 5. The molecular weight excluding hydrogens is 559 g/mol. The van der Waals surface area contributed by atoms with E-state index in [-0.39, 0.29) is 18.3 Å². The van der Waals surface area contributed by atoms with E-state index in [1.54, 1.807) is 11.3 Å². The Bertz CT molecular complexity index is 2190. The van der Waals surface area contributed by atoms with Crippen LogP contribution in [-0.2, 0) is 9.31 Å². The smallest absolute Gasteiger partial charge is 0.399 e.